The third-order valence-corrected chi connectivity index (χ3v) is 5.32. The van der Waals surface area contributed by atoms with Crippen LogP contribution in [0.5, 0.6) is 5.75 Å². The van der Waals surface area contributed by atoms with Crippen LogP contribution in [-0.4, -0.2) is 18.9 Å². The molecular weight excluding hydrogens is 443 g/mol. The maximum absolute atomic E-state index is 12.5. The van der Waals surface area contributed by atoms with Gasteiger partial charge in [0.2, 0.25) is 0 Å². The zero-order valence-corrected chi connectivity index (χ0v) is 16.4. The van der Waals surface area contributed by atoms with E-state index in [0.717, 1.165) is 3.57 Å². The van der Waals surface area contributed by atoms with Crippen LogP contribution in [-0.2, 0) is 10.1 Å². The van der Waals surface area contributed by atoms with Gasteiger partial charge in [0, 0.05) is 0 Å². The molecule has 0 aliphatic carbocycles. The summed E-state index contributed by atoms with van der Waals surface area (Å²) >= 11 is 2.07. The molecule has 2 aromatic carbocycles. The van der Waals surface area contributed by atoms with Crippen molar-refractivity contribution in [3.05, 3.63) is 56.7 Å². The first-order chi connectivity index (χ1) is 11.1. The Labute approximate surface area is 154 Å². The van der Waals surface area contributed by atoms with Gasteiger partial charge in [0.15, 0.2) is 0 Å². The average Bonchev–Trinajstić information content (AvgIpc) is 2.48. The zero-order chi connectivity index (χ0) is 18.1. The second-order valence-corrected chi connectivity index (χ2v) is 8.21. The van der Waals surface area contributed by atoms with Gasteiger partial charge < -0.3 is 4.74 Å². The standard InChI is InChI=1S/C17H17IO5S/c1-10(2)12-9-13(11(3)8-16(12)24(20,21)22)17(19)23-15-7-5-4-6-14(15)18/h4-10H,1-3H3,(H,20,21,22). The van der Waals surface area contributed by atoms with Gasteiger partial charge in [-0.25, -0.2) is 4.79 Å². The molecule has 128 valence electrons. The molecule has 0 aliphatic rings. The Morgan fingerprint density at radius 2 is 1.83 bits per heavy atom. The van der Waals surface area contributed by atoms with E-state index in [0.29, 0.717) is 16.9 Å². The van der Waals surface area contributed by atoms with Crippen molar-refractivity contribution in [2.75, 3.05) is 0 Å². The Morgan fingerprint density at radius 3 is 2.38 bits per heavy atom. The van der Waals surface area contributed by atoms with Crippen LogP contribution in [0.4, 0.5) is 0 Å². The number of para-hydroxylation sites is 1. The Balaban J connectivity index is 2.49. The van der Waals surface area contributed by atoms with Gasteiger partial charge in [0.1, 0.15) is 5.75 Å². The molecule has 24 heavy (non-hydrogen) atoms. The van der Waals surface area contributed by atoms with Crippen molar-refractivity contribution in [2.24, 2.45) is 0 Å². The monoisotopic (exact) mass is 460 g/mol. The molecule has 5 nitrogen and oxygen atoms in total. The summed E-state index contributed by atoms with van der Waals surface area (Å²) in [4.78, 5) is 12.3. The molecule has 2 rings (SSSR count). The Bertz CT molecular complexity index is 888. The number of carbonyl (C=O) groups is 1. The first-order valence-corrected chi connectivity index (χ1v) is 9.72. The highest BCUT2D eigenvalue weighted by Crippen LogP contribution is 2.28. The predicted octanol–water partition coefficient (Wildman–Crippen LogP) is 4.19. The summed E-state index contributed by atoms with van der Waals surface area (Å²) in [5, 5.41) is 0. The van der Waals surface area contributed by atoms with Crippen LogP contribution in [0.2, 0.25) is 0 Å². The van der Waals surface area contributed by atoms with E-state index in [2.05, 4.69) is 22.6 Å². The van der Waals surface area contributed by atoms with Gasteiger partial charge in [0.25, 0.3) is 10.1 Å². The molecule has 7 heteroatoms. The molecule has 0 saturated carbocycles. The summed E-state index contributed by atoms with van der Waals surface area (Å²) in [5.41, 5.74) is 1.06. The number of carbonyl (C=O) groups excluding carboxylic acids is 1. The summed E-state index contributed by atoms with van der Waals surface area (Å²) in [6.07, 6.45) is 0. The van der Waals surface area contributed by atoms with E-state index >= 15 is 0 Å². The lowest BCUT2D eigenvalue weighted by Gasteiger charge is -2.15. The van der Waals surface area contributed by atoms with Crippen LogP contribution < -0.4 is 4.74 Å². The fraction of sp³-hybridized carbons (Fsp3) is 0.235. The van der Waals surface area contributed by atoms with Crippen molar-refractivity contribution in [1.29, 1.82) is 0 Å². The lowest BCUT2D eigenvalue weighted by Crippen LogP contribution is -2.14. The lowest BCUT2D eigenvalue weighted by atomic mass is 9.97. The van der Waals surface area contributed by atoms with Crippen LogP contribution in [0, 0.1) is 10.5 Å². The molecule has 0 amide bonds. The highest BCUT2D eigenvalue weighted by atomic mass is 127. The molecule has 0 saturated heterocycles. The quantitative estimate of drug-likeness (QED) is 0.321. The molecular formula is C17H17IO5S. The molecule has 0 unspecified atom stereocenters. The zero-order valence-electron chi connectivity index (χ0n) is 13.4. The Kier molecular flexibility index (Phi) is 5.67. The molecule has 0 heterocycles. The molecule has 0 radical (unpaired) electrons. The van der Waals surface area contributed by atoms with Crippen molar-refractivity contribution < 1.29 is 22.5 Å². The van der Waals surface area contributed by atoms with E-state index in [4.69, 9.17) is 4.74 Å². The smallest absolute Gasteiger partial charge is 0.343 e. The first-order valence-electron chi connectivity index (χ1n) is 7.20. The van der Waals surface area contributed by atoms with Crippen molar-refractivity contribution in [1.82, 2.24) is 0 Å². The third-order valence-electron chi connectivity index (χ3n) is 3.52. The Morgan fingerprint density at radius 1 is 1.21 bits per heavy atom. The fourth-order valence-corrected chi connectivity index (χ4v) is 3.69. The predicted molar refractivity (Wildman–Crippen MR) is 99.2 cm³/mol. The van der Waals surface area contributed by atoms with E-state index in [9.17, 15) is 17.8 Å². The average molecular weight is 460 g/mol. The minimum absolute atomic E-state index is 0.180. The minimum atomic E-state index is -4.36. The van der Waals surface area contributed by atoms with Gasteiger partial charge in [0.05, 0.1) is 14.0 Å². The maximum atomic E-state index is 12.5. The maximum Gasteiger partial charge on any atom is 0.343 e. The number of ether oxygens (including phenoxy) is 1. The number of aryl methyl sites for hydroxylation is 1. The van der Waals surface area contributed by atoms with E-state index in [1.807, 2.05) is 12.1 Å². The second kappa shape index (κ2) is 7.20. The van der Waals surface area contributed by atoms with Gasteiger partial charge in [-0.05, 0) is 70.8 Å². The van der Waals surface area contributed by atoms with Crippen LogP contribution >= 0.6 is 22.6 Å². The van der Waals surface area contributed by atoms with Crippen LogP contribution in [0.15, 0.2) is 41.3 Å². The summed E-state index contributed by atoms with van der Waals surface area (Å²) < 4.78 is 38.7. The van der Waals surface area contributed by atoms with Crippen molar-refractivity contribution in [2.45, 2.75) is 31.6 Å². The number of rotatable bonds is 4. The fourth-order valence-electron chi connectivity index (χ4n) is 2.28. The van der Waals surface area contributed by atoms with E-state index in [1.54, 1.807) is 32.9 Å². The first kappa shape index (κ1) is 18.9. The molecule has 1 N–H and O–H groups in total. The van der Waals surface area contributed by atoms with Gasteiger partial charge in [-0.2, -0.15) is 8.42 Å². The molecule has 0 atom stereocenters. The molecule has 2 aromatic rings. The number of benzene rings is 2. The topological polar surface area (TPSA) is 80.7 Å². The van der Waals surface area contributed by atoms with E-state index in [1.165, 1.54) is 12.1 Å². The molecule has 0 bridgehead atoms. The third kappa shape index (κ3) is 4.14. The minimum Gasteiger partial charge on any atom is -0.422 e. The van der Waals surface area contributed by atoms with Gasteiger partial charge in [-0.15, -0.1) is 0 Å². The Hall–Kier alpha value is -1.45. The summed E-state index contributed by atoms with van der Waals surface area (Å²) in [6, 6.07) is 9.88. The van der Waals surface area contributed by atoms with Crippen LogP contribution in [0.25, 0.3) is 0 Å². The van der Waals surface area contributed by atoms with Crippen molar-refractivity contribution in [3.63, 3.8) is 0 Å². The number of halogens is 1. The highest BCUT2D eigenvalue weighted by Gasteiger charge is 2.23. The normalized spacial score (nSPS) is 11.6. The van der Waals surface area contributed by atoms with Crippen LogP contribution in [0.1, 0.15) is 41.3 Å². The highest BCUT2D eigenvalue weighted by molar-refractivity contribution is 14.1. The van der Waals surface area contributed by atoms with Gasteiger partial charge in [-0.1, -0.05) is 26.0 Å². The molecule has 0 fully saturated rings. The largest absolute Gasteiger partial charge is 0.422 e. The van der Waals surface area contributed by atoms with Gasteiger partial charge in [-0.3, -0.25) is 4.55 Å². The molecule has 0 spiro atoms. The number of hydrogen-bond acceptors (Lipinski definition) is 4. The summed E-state index contributed by atoms with van der Waals surface area (Å²) in [7, 11) is -4.36. The van der Waals surface area contributed by atoms with Crippen molar-refractivity contribution in [3.8, 4) is 5.75 Å². The molecule has 0 aliphatic heterocycles. The summed E-state index contributed by atoms with van der Waals surface area (Å²) in [5.74, 6) is -0.321. The lowest BCUT2D eigenvalue weighted by molar-refractivity contribution is 0.0732. The number of esters is 1. The van der Waals surface area contributed by atoms with E-state index < -0.39 is 16.1 Å². The second-order valence-electron chi connectivity index (χ2n) is 5.65. The number of hydrogen-bond donors (Lipinski definition) is 1. The van der Waals surface area contributed by atoms with Crippen molar-refractivity contribution >= 4 is 38.7 Å². The van der Waals surface area contributed by atoms with Crippen LogP contribution in [0.3, 0.4) is 0 Å². The molecule has 0 aromatic heterocycles. The van der Waals surface area contributed by atoms with Gasteiger partial charge >= 0.3 is 5.97 Å². The summed E-state index contributed by atoms with van der Waals surface area (Å²) in [6.45, 7) is 5.18. The van der Waals surface area contributed by atoms with E-state index in [-0.39, 0.29) is 16.4 Å². The SMILES string of the molecule is Cc1cc(S(=O)(=O)O)c(C(C)C)cc1C(=O)Oc1ccccc1I.